The number of oxime groups is 1. The van der Waals surface area contributed by atoms with Crippen molar-refractivity contribution in [2.75, 3.05) is 0 Å². The Hall–Kier alpha value is -4.59. The lowest BCUT2D eigenvalue weighted by Crippen LogP contribution is -2.16. The van der Waals surface area contributed by atoms with E-state index in [2.05, 4.69) is 23.6 Å². The van der Waals surface area contributed by atoms with Gasteiger partial charge in [-0.15, -0.1) is 0 Å². The van der Waals surface area contributed by atoms with Gasteiger partial charge < -0.3 is 14.1 Å². The average Bonchev–Trinajstić information content (AvgIpc) is 3.36. The first-order valence-electron chi connectivity index (χ1n) is 16.0. The highest BCUT2D eigenvalue weighted by Gasteiger charge is 2.20. The molecule has 3 aromatic carbocycles. The predicted molar refractivity (Wildman–Crippen MR) is 177 cm³/mol. The van der Waals surface area contributed by atoms with E-state index in [1.807, 2.05) is 37.3 Å². The second-order valence-corrected chi connectivity index (χ2v) is 11.3. The van der Waals surface area contributed by atoms with E-state index >= 15 is 0 Å². The molecule has 0 aliphatic rings. The number of aromatic nitrogens is 1. The van der Waals surface area contributed by atoms with E-state index in [-0.39, 0.29) is 23.2 Å². The molecule has 0 unspecified atom stereocenters. The van der Waals surface area contributed by atoms with Crippen LogP contribution >= 0.6 is 0 Å². The van der Waals surface area contributed by atoms with E-state index in [0.717, 1.165) is 66.8 Å². The van der Waals surface area contributed by atoms with Crippen LogP contribution in [0.4, 0.5) is 0 Å². The number of rotatable bonds is 16. The Morgan fingerprint density at radius 2 is 1.27 bits per heavy atom. The number of benzene rings is 3. The fourth-order valence-electron chi connectivity index (χ4n) is 5.48. The number of aryl methyl sites for hydroxylation is 1. The van der Waals surface area contributed by atoms with Gasteiger partial charge in [-0.1, -0.05) is 51.1 Å². The van der Waals surface area contributed by atoms with Crippen molar-refractivity contribution in [1.82, 2.24) is 4.57 Å². The highest BCUT2D eigenvalue weighted by Crippen LogP contribution is 2.32. The van der Waals surface area contributed by atoms with Crippen LogP contribution in [-0.2, 0) is 21.0 Å². The molecular weight excluding hydrogens is 568 g/mol. The van der Waals surface area contributed by atoms with Gasteiger partial charge in [-0.25, -0.2) is 4.79 Å². The van der Waals surface area contributed by atoms with Gasteiger partial charge in [0.2, 0.25) is 5.78 Å². The summed E-state index contributed by atoms with van der Waals surface area (Å²) in [5.74, 6) is -0.891. The van der Waals surface area contributed by atoms with E-state index in [4.69, 9.17) is 9.57 Å². The van der Waals surface area contributed by atoms with Crippen molar-refractivity contribution in [3.63, 3.8) is 0 Å². The smallest absolute Gasteiger partial charge is 0.331 e. The molecular formula is C37H42N2O6. The van der Waals surface area contributed by atoms with E-state index < -0.39 is 5.97 Å². The highest BCUT2D eigenvalue weighted by atomic mass is 16.7. The summed E-state index contributed by atoms with van der Waals surface area (Å²) < 4.78 is 7.59. The third-order valence-electron chi connectivity index (χ3n) is 7.85. The molecule has 1 heterocycles. The summed E-state index contributed by atoms with van der Waals surface area (Å²) in [6.07, 6.45) is 7.46. The molecule has 1 aromatic heterocycles. The number of Topliss-reactive ketones (excluding diaryl/α,β-unsaturated/α-hetero) is 1. The maximum Gasteiger partial charge on any atom is 0.331 e. The number of hydrogen-bond donors (Lipinski definition) is 0. The van der Waals surface area contributed by atoms with E-state index in [0.29, 0.717) is 41.8 Å². The van der Waals surface area contributed by atoms with Crippen molar-refractivity contribution >= 4 is 51.0 Å². The summed E-state index contributed by atoms with van der Waals surface area (Å²) in [7, 11) is 0. The van der Waals surface area contributed by atoms with Crippen LogP contribution < -0.4 is 4.74 Å². The van der Waals surface area contributed by atoms with Crippen molar-refractivity contribution in [1.29, 1.82) is 0 Å². The molecule has 4 aromatic rings. The molecule has 0 amide bonds. The Kier molecular flexibility index (Phi) is 11.8. The van der Waals surface area contributed by atoms with Gasteiger partial charge in [0.05, 0.1) is 0 Å². The van der Waals surface area contributed by atoms with Crippen LogP contribution in [0.3, 0.4) is 0 Å². The predicted octanol–water partition coefficient (Wildman–Crippen LogP) is 8.60. The minimum atomic E-state index is -0.581. The number of fused-ring (bicyclic) bond motifs is 3. The first-order valence-corrected chi connectivity index (χ1v) is 16.0. The molecule has 0 spiro atoms. The first kappa shape index (κ1) is 33.3. The molecule has 0 aliphatic carbocycles. The summed E-state index contributed by atoms with van der Waals surface area (Å²) >= 11 is 0. The van der Waals surface area contributed by atoms with Gasteiger partial charge in [0.15, 0.2) is 5.78 Å². The van der Waals surface area contributed by atoms with Gasteiger partial charge in [0, 0.05) is 58.4 Å². The number of ether oxygens (including phenoxy) is 1. The lowest BCUT2D eigenvalue weighted by atomic mass is 9.98. The van der Waals surface area contributed by atoms with Crippen LogP contribution in [0, 0.1) is 0 Å². The summed E-state index contributed by atoms with van der Waals surface area (Å²) in [6.45, 7) is 8.20. The summed E-state index contributed by atoms with van der Waals surface area (Å²) in [5.41, 5.74) is 3.52. The highest BCUT2D eigenvalue weighted by molar-refractivity contribution is 6.46. The molecule has 8 nitrogen and oxygen atoms in total. The molecule has 0 radical (unpaired) electrons. The second kappa shape index (κ2) is 15.9. The standard InChI is InChI=1S/C37H42N2O6/c1-5-8-10-12-14-35(41)44-29-19-15-26(16-20-29)36(42)27-17-21-33-30(23-27)31-24-28(18-22-34(31)39(33)7-3)37(43)32(13-11-9-6-2)38-45-25(4)40/h15-24H,5-14H2,1-4H3/b38-32+. The third kappa shape index (κ3) is 8.32. The fourth-order valence-corrected chi connectivity index (χ4v) is 5.48. The van der Waals surface area contributed by atoms with Crippen LogP contribution in [-0.4, -0.2) is 33.8 Å². The normalized spacial score (nSPS) is 11.6. The molecule has 0 saturated heterocycles. The molecule has 45 heavy (non-hydrogen) atoms. The maximum absolute atomic E-state index is 13.5. The molecule has 0 fully saturated rings. The Morgan fingerprint density at radius 1 is 0.689 bits per heavy atom. The maximum atomic E-state index is 13.5. The zero-order valence-corrected chi connectivity index (χ0v) is 26.7. The van der Waals surface area contributed by atoms with Gasteiger partial charge in [-0.2, -0.15) is 0 Å². The second-order valence-electron chi connectivity index (χ2n) is 11.3. The van der Waals surface area contributed by atoms with Gasteiger partial charge in [0.25, 0.3) is 0 Å². The van der Waals surface area contributed by atoms with Crippen LogP contribution in [0.25, 0.3) is 21.8 Å². The summed E-state index contributed by atoms with van der Waals surface area (Å²) in [6, 6.07) is 17.7. The largest absolute Gasteiger partial charge is 0.427 e. The number of carbonyl (C=O) groups excluding carboxylic acids is 4. The number of hydrogen-bond acceptors (Lipinski definition) is 7. The Labute approximate surface area is 264 Å². The van der Waals surface area contributed by atoms with Crippen LogP contribution in [0.15, 0.2) is 65.8 Å². The van der Waals surface area contributed by atoms with Crippen molar-refractivity contribution in [2.24, 2.45) is 5.16 Å². The molecule has 8 heteroatoms. The summed E-state index contributed by atoms with van der Waals surface area (Å²) in [4.78, 5) is 55.5. The minimum absolute atomic E-state index is 0.161. The molecule has 0 atom stereocenters. The van der Waals surface area contributed by atoms with E-state index in [1.54, 1.807) is 30.3 Å². The number of carbonyl (C=O) groups is 4. The minimum Gasteiger partial charge on any atom is -0.427 e. The van der Waals surface area contributed by atoms with E-state index in [1.165, 1.54) is 6.92 Å². The zero-order valence-electron chi connectivity index (χ0n) is 26.7. The topological polar surface area (TPSA) is 104 Å². The Bertz CT molecular complexity index is 1710. The van der Waals surface area contributed by atoms with Crippen molar-refractivity contribution in [3.8, 4) is 5.75 Å². The molecule has 4 rings (SSSR count). The molecule has 0 saturated carbocycles. The zero-order chi connectivity index (χ0) is 32.3. The van der Waals surface area contributed by atoms with Gasteiger partial charge in [0.1, 0.15) is 11.5 Å². The van der Waals surface area contributed by atoms with Gasteiger partial charge in [-0.05, 0) is 86.8 Å². The molecule has 0 N–H and O–H groups in total. The lowest BCUT2D eigenvalue weighted by molar-refractivity contribution is -0.141. The van der Waals surface area contributed by atoms with Crippen molar-refractivity contribution < 1.29 is 28.8 Å². The molecule has 0 bridgehead atoms. The van der Waals surface area contributed by atoms with Crippen LogP contribution in [0.5, 0.6) is 5.75 Å². The quantitative estimate of drug-likeness (QED) is 0.0239. The SMILES string of the molecule is CCCCCCC(=O)Oc1ccc(C(=O)c2ccc3c(c2)c2cc(C(=O)/C(CCCCC)=N/OC(C)=O)ccc2n3CC)cc1. The number of ketones is 2. The molecule has 236 valence electrons. The lowest BCUT2D eigenvalue weighted by Gasteiger charge is -2.07. The monoisotopic (exact) mass is 610 g/mol. The van der Waals surface area contributed by atoms with E-state index in [9.17, 15) is 19.2 Å². The van der Waals surface area contributed by atoms with Crippen LogP contribution in [0.1, 0.15) is 112 Å². The number of esters is 1. The first-order chi connectivity index (χ1) is 21.8. The Morgan fingerprint density at radius 3 is 1.89 bits per heavy atom. The van der Waals surface area contributed by atoms with Gasteiger partial charge >= 0.3 is 11.9 Å². The molecule has 0 aliphatic heterocycles. The number of nitrogens with zero attached hydrogens (tertiary/aromatic N) is 2. The van der Waals surface area contributed by atoms with Crippen LogP contribution in [0.2, 0.25) is 0 Å². The van der Waals surface area contributed by atoms with Crippen molar-refractivity contribution in [3.05, 3.63) is 77.4 Å². The third-order valence-corrected chi connectivity index (χ3v) is 7.85. The van der Waals surface area contributed by atoms with Gasteiger partial charge in [-0.3, -0.25) is 14.4 Å². The average molecular weight is 611 g/mol. The summed E-state index contributed by atoms with van der Waals surface area (Å²) in [5, 5.41) is 5.58. The number of unbranched alkanes of at least 4 members (excludes halogenated alkanes) is 5. The Balaban J connectivity index is 1.62. The fraction of sp³-hybridized carbons (Fsp3) is 0.378. The van der Waals surface area contributed by atoms with Crippen molar-refractivity contribution in [2.45, 2.75) is 92.0 Å².